The lowest BCUT2D eigenvalue weighted by molar-refractivity contribution is 0.0948. The van der Waals surface area contributed by atoms with Gasteiger partial charge >= 0.3 is 0 Å². The Labute approximate surface area is 151 Å². The number of halogens is 1. The van der Waals surface area contributed by atoms with Crippen molar-refractivity contribution in [2.24, 2.45) is 0 Å². The lowest BCUT2D eigenvalue weighted by atomic mass is 10.1. The summed E-state index contributed by atoms with van der Waals surface area (Å²) in [4.78, 5) is 12.2. The number of amides is 1. The van der Waals surface area contributed by atoms with Gasteiger partial charge in [-0.15, -0.1) is 0 Å². The lowest BCUT2D eigenvalue weighted by Gasteiger charge is -2.05. The van der Waals surface area contributed by atoms with Gasteiger partial charge in [-0.05, 0) is 54.4 Å². The predicted molar refractivity (Wildman–Crippen MR) is 97.6 cm³/mol. The molecule has 1 aromatic heterocycles. The molecule has 1 amide bonds. The van der Waals surface area contributed by atoms with Gasteiger partial charge in [-0.2, -0.15) is 5.10 Å². The second-order valence-corrected chi connectivity index (χ2v) is 5.91. The van der Waals surface area contributed by atoms with Crippen LogP contribution >= 0.6 is 11.6 Å². The highest BCUT2D eigenvalue weighted by Gasteiger charge is 2.09. The molecule has 25 heavy (non-hydrogen) atoms. The van der Waals surface area contributed by atoms with Gasteiger partial charge in [-0.25, -0.2) is 4.68 Å². The van der Waals surface area contributed by atoms with Gasteiger partial charge in [0, 0.05) is 17.8 Å². The van der Waals surface area contributed by atoms with E-state index >= 15 is 0 Å². The van der Waals surface area contributed by atoms with Crippen LogP contribution in [0.2, 0.25) is 5.02 Å². The number of aromatic nitrogens is 2. The Bertz CT molecular complexity index is 842. The number of carbonyl (C=O) groups excluding carboxylic acids is 1. The lowest BCUT2D eigenvalue weighted by Crippen LogP contribution is -2.26. The highest BCUT2D eigenvalue weighted by molar-refractivity contribution is 6.30. The van der Waals surface area contributed by atoms with Crippen molar-refractivity contribution < 1.29 is 9.53 Å². The zero-order valence-electron chi connectivity index (χ0n) is 13.8. The number of nitrogens with one attached hydrogen (secondary N) is 1. The molecule has 0 aliphatic carbocycles. The molecule has 1 heterocycles. The molecule has 0 fully saturated rings. The van der Waals surface area contributed by atoms with Crippen LogP contribution in [0, 0.1) is 0 Å². The highest BCUT2D eigenvalue weighted by Crippen LogP contribution is 2.14. The third kappa shape index (κ3) is 4.39. The summed E-state index contributed by atoms with van der Waals surface area (Å²) in [7, 11) is 1.62. The number of benzene rings is 2. The zero-order chi connectivity index (χ0) is 17.6. The van der Waals surface area contributed by atoms with Crippen molar-refractivity contribution in [3.63, 3.8) is 0 Å². The maximum absolute atomic E-state index is 12.2. The molecular weight excluding hydrogens is 338 g/mol. The van der Waals surface area contributed by atoms with Gasteiger partial charge < -0.3 is 10.1 Å². The first-order valence-corrected chi connectivity index (χ1v) is 8.26. The third-order valence-corrected chi connectivity index (χ3v) is 4.02. The first-order valence-electron chi connectivity index (χ1n) is 7.88. The summed E-state index contributed by atoms with van der Waals surface area (Å²) < 4.78 is 6.79. The van der Waals surface area contributed by atoms with Crippen molar-refractivity contribution in [1.82, 2.24) is 15.1 Å². The van der Waals surface area contributed by atoms with Crippen LogP contribution < -0.4 is 10.1 Å². The molecule has 0 aliphatic heterocycles. The molecule has 0 unspecified atom stereocenters. The van der Waals surface area contributed by atoms with Crippen molar-refractivity contribution in [3.05, 3.63) is 77.1 Å². The number of carbonyl (C=O) groups is 1. The van der Waals surface area contributed by atoms with Crippen LogP contribution in [0.5, 0.6) is 5.75 Å². The summed E-state index contributed by atoms with van der Waals surface area (Å²) in [5.41, 5.74) is 2.36. The van der Waals surface area contributed by atoms with Gasteiger partial charge in [0.1, 0.15) is 5.75 Å². The quantitative estimate of drug-likeness (QED) is 0.736. The molecule has 3 aromatic rings. The van der Waals surface area contributed by atoms with Crippen molar-refractivity contribution in [2.75, 3.05) is 13.7 Å². The average Bonchev–Trinajstić information content (AvgIpc) is 3.13. The van der Waals surface area contributed by atoms with Crippen molar-refractivity contribution in [3.8, 4) is 11.4 Å². The molecule has 0 aliphatic rings. The van der Waals surface area contributed by atoms with E-state index in [0.717, 1.165) is 23.4 Å². The Kier molecular flexibility index (Phi) is 5.36. The number of methoxy groups -OCH3 is 1. The van der Waals surface area contributed by atoms with Crippen LogP contribution in [0.25, 0.3) is 5.69 Å². The first-order chi connectivity index (χ1) is 12.2. The molecular formula is C19H18ClN3O2. The molecule has 3 rings (SSSR count). The van der Waals surface area contributed by atoms with Crippen LogP contribution in [-0.4, -0.2) is 29.3 Å². The molecule has 128 valence electrons. The Balaban J connectivity index is 1.57. The standard InChI is InChI=1S/C19H18ClN3O2/c1-25-17-8-6-16(7-9-17)23-13-11-18(22-23)19(24)21-12-10-14-2-4-15(20)5-3-14/h2-9,11,13H,10,12H2,1H3,(H,21,24). The normalized spacial score (nSPS) is 10.5. The van der Waals surface area contributed by atoms with Gasteiger partial charge in [-0.1, -0.05) is 23.7 Å². The zero-order valence-corrected chi connectivity index (χ0v) is 14.5. The smallest absolute Gasteiger partial charge is 0.271 e. The van der Waals surface area contributed by atoms with E-state index in [4.69, 9.17) is 16.3 Å². The van der Waals surface area contributed by atoms with Crippen molar-refractivity contribution >= 4 is 17.5 Å². The molecule has 6 heteroatoms. The third-order valence-electron chi connectivity index (χ3n) is 3.77. The minimum atomic E-state index is -0.193. The topological polar surface area (TPSA) is 56.1 Å². The van der Waals surface area contributed by atoms with Gasteiger partial charge in [0.2, 0.25) is 0 Å². The summed E-state index contributed by atoms with van der Waals surface area (Å²) in [6.45, 7) is 0.538. The molecule has 0 saturated carbocycles. The van der Waals surface area contributed by atoms with E-state index in [1.165, 1.54) is 0 Å². The van der Waals surface area contributed by atoms with E-state index in [1.807, 2.05) is 48.5 Å². The van der Waals surface area contributed by atoms with Crippen molar-refractivity contribution in [2.45, 2.75) is 6.42 Å². The van der Waals surface area contributed by atoms with E-state index in [0.29, 0.717) is 17.3 Å². The Morgan fingerprint density at radius 2 is 1.84 bits per heavy atom. The number of hydrogen-bond donors (Lipinski definition) is 1. The first kappa shape index (κ1) is 17.0. The van der Waals surface area contributed by atoms with Crippen LogP contribution in [0.3, 0.4) is 0 Å². The monoisotopic (exact) mass is 355 g/mol. The fourth-order valence-corrected chi connectivity index (χ4v) is 2.51. The van der Waals surface area contributed by atoms with E-state index in [1.54, 1.807) is 24.1 Å². The minimum Gasteiger partial charge on any atom is -0.497 e. The maximum Gasteiger partial charge on any atom is 0.271 e. The van der Waals surface area contributed by atoms with Crippen LogP contribution in [0.1, 0.15) is 16.1 Å². The summed E-state index contributed by atoms with van der Waals surface area (Å²) in [5, 5.41) is 7.90. The van der Waals surface area contributed by atoms with Crippen molar-refractivity contribution in [1.29, 1.82) is 0 Å². The van der Waals surface area contributed by atoms with Gasteiger partial charge in [-0.3, -0.25) is 4.79 Å². The largest absolute Gasteiger partial charge is 0.497 e. The SMILES string of the molecule is COc1ccc(-n2ccc(C(=O)NCCc3ccc(Cl)cc3)n2)cc1. The summed E-state index contributed by atoms with van der Waals surface area (Å²) in [6.07, 6.45) is 2.50. The fourth-order valence-electron chi connectivity index (χ4n) is 2.39. The molecule has 0 spiro atoms. The number of nitrogens with zero attached hydrogens (tertiary/aromatic N) is 2. The highest BCUT2D eigenvalue weighted by atomic mass is 35.5. The van der Waals surface area contributed by atoms with Gasteiger partial charge in [0.15, 0.2) is 5.69 Å². The van der Waals surface area contributed by atoms with E-state index < -0.39 is 0 Å². The summed E-state index contributed by atoms with van der Waals surface area (Å²) >= 11 is 5.86. The number of hydrogen-bond acceptors (Lipinski definition) is 3. The second-order valence-electron chi connectivity index (χ2n) is 5.48. The molecule has 0 radical (unpaired) electrons. The van der Waals surface area contributed by atoms with Gasteiger partial charge in [0.05, 0.1) is 12.8 Å². The molecule has 0 saturated heterocycles. The molecule has 5 nitrogen and oxygen atoms in total. The van der Waals surface area contributed by atoms with E-state index in [9.17, 15) is 4.79 Å². The Morgan fingerprint density at radius 3 is 2.52 bits per heavy atom. The van der Waals surface area contributed by atoms with Crippen LogP contribution in [-0.2, 0) is 6.42 Å². The predicted octanol–water partition coefficient (Wildman–Crippen LogP) is 3.51. The molecule has 1 N–H and O–H groups in total. The summed E-state index contributed by atoms with van der Waals surface area (Å²) in [6, 6.07) is 16.7. The van der Waals surface area contributed by atoms with Gasteiger partial charge in [0.25, 0.3) is 5.91 Å². The minimum absolute atomic E-state index is 0.193. The second kappa shape index (κ2) is 7.85. The van der Waals surface area contributed by atoms with Crippen LogP contribution in [0.15, 0.2) is 60.8 Å². The Morgan fingerprint density at radius 1 is 1.12 bits per heavy atom. The van der Waals surface area contributed by atoms with E-state index in [-0.39, 0.29) is 5.91 Å². The molecule has 2 aromatic carbocycles. The number of ether oxygens (including phenoxy) is 1. The average molecular weight is 356 g/mol. The molecule has 0 atom stereocenters. The summed E-state index contributed by atoms with van der Waals surface area (Å²) in [5.74, 6) is 0.581. The fraction of sp³-hybridized carbons (Fsp3) is 0.158. The van der Waals surface area contributed by atoms with Crippen LogP contribution in [0.4, 0.5) is 0 Å². The van der Waals surface area contributed by atoms with E-state index in [2.05, 4.69) is 10.4 Å². The Hall–Kier alpha value is -2.79. The maximum atomic E-state index is 12.2. The molecule has 0 bridgehead atoms. The number of rotatable bonds is 6.